The molecule has 0 radical (unpaired) electrons. The van der Waals surface area contributed by atoms with Crippen molar-refractivity contribution in [1.82, 2.24) is 19.9 Å². The maximum atomic E-state index is 12.6. The molecular weight excluding hydrogens is 405 g/mol. The van der Waals surface area contributed by atoms with Gasteiger partial charge in [-0.15, -0.1) is 0 Å². The molecule has 3 heterocycles. The molecule has 0 atom stereocenters. The standard InChI is InChI=1S/C23H17F3N4O/c24-23(25,26)22-29-12-14(13-30-22)2-1-3-18-19-20(28-11-10-27-19)21(31-18)17-8-6-16(7-9-17)15-4-5-15/h1,3,6-13,15H,2,4-5H2/b3-1+. The van der Waals surface area contributed by atoms with E-state index in [2.05, 4.69) is 32.1 Å². The summed E-state index contributed by atoms with van der Waals surface area (Å²) in [5, 5.41) is 0. The topological polar surface area (TPSA) is 64.7 Å². The summed E-state index contributed by atoms with van der Waals surface area (Å²) in [6, 6.07) is 8.32. The molecule has 1 aliphatic carbocycles. The third kappa shape index (κ3) is 4.05. The number of hydrogen-bond donors (Lipinski definition) is 0. The number of alkyl halides is 3. The first kappa shape index (κ1) is 19.4. The summed E-state index contributed by atoms with van der Waals surface area (Å²) in [6.07, 6.45) is 7.38. The normalized spacial score (nSPS) is 14.5. The fraction of sp³-hybridized carbons (Fsp3) is 0.217. The first-order valence-corrected chi connectivity index (χ1v) is 9.87. The van der Waals surface area contributed by atoms with E-state index in [4.69, 9.17) is 4.42 Å². The third-order valence-corrected chi connectivity index (χ3v) is 5.16. The van der Waals surface area contributed by atoms with Crippen LogP contribution in [0.4, 0.5) is 13.2 Å². The first-order chi connectivity index (χ1) is 15.0. The predicted molar refractivity (Wildman–Crippen MR) is 109 cm³/mol. The summed E-state index contributed by atoms with van der Waals surface area (Å²) < 4.78 is 43.8. The number of allylic oxidation sites excluding steroid dienone is 1. The summed E-state index contributed by atoms with van der Waals surface area (Å²) in [4.78, 5) is 15.6. The van der Waals surface area contributed by atoms with Gasteiger partial charge in [0, 0.05) is 30.4 Å². The van der Waals surface area contributed by atoms with Crippen molar-refractivity contribution in [2.75, 3.05) is 0 Å². The average molecular weight is 422 g/mol. The molecule has 0 spiro atoms. The second-order valence-corrected chi connectivity index (χ2v) is 7.46. The number of hydrogen-bond acceptors (Lipinski definition) is 5. The van der Waals surface area contributed by atoms with Crippen LogP contribution in [0.3, 0.4) is 0 Å². The molecule has 1 saturated carbocycles. The van der Waals surface area contributed by atoms with Crippen LogP contribution >= 0.6 is 0 Å². The van der Waals surface area contributed by atoms with Crippen LogP contribution in [-0.2, 0) is 12.6 Å². The van der Waals surface area contributed by atoms with E-state index in [0.717, 1.165) is 5.56 Å². The molecule has 8 heteroatoms. The molecular formula is C23H17F3N4O. The Labute approximate surface area is 175 Å². The van der Waals surface area contributed by atoms with E-state index < -0.39 is 12.0 Å². The molecule has 5 rings (SSSR count). The Balaban J connectivity index is 1.40. The van der Waals surface area contributed by atoms with Gasteiger partial charge in [-0.25, -0.2) is 19.9 Å². The van der Waals surface area contributed by atoms with Crippen LogP contribution in [0.2, 0.25) is 0 Å². The van der Waals surface area contributed by atoms with Crippen molar-refractivity contribution in [3.63, 3.8) is 0 Å². The second kappa shape index (κ2) is 7.61. The number of benzene rings is 1. The minimum absolute atomic E-state index is 0.353. The van der Waals surface area contributed by atoms with E-state index >= 15 is 0 Å². The largest absolute Gasteiger partial charge is 0.452 e. The number of aromatic nitrogens is 4. The Morgan fingerprint density at radius 1 is 0.935 bits per heavy atom. The summed E-state index contributed by atoms with van der Waals surface area (Å²) in [7, 11) is 0. The molecule has 1 aromatic carbocycles. The molecule has 1 aliphatic rings. The molecule has 0 unspecified atom stereocenters. The van der Waals surface area contributed by atoms with E-state index in [-0.39, 0.29) is 0 Å². The smallest absolute Gasteiger partial charge is 0.451 e. The van der Waals surface area contributed by atoms with Crippen LogP contribution in [-0.4, -0.2) is 19.9 Å². The number of halogens is 3. The molecule has 4 aromatic rings. The lowest BCUT2D eigenvalue weighted by molar-refractivity contribution is -0.145. The lowest BCUT2D eigenvalue weighted by atomic mass is 10.1. The van der Waals surface area contributed by atoms with Crippen molar-refractivity contribution >= 4 is 17.1 Å². The quantitative estimate of drug-likeness (QED) is 0.405. The van der Waals surface area contributed by atoms with Gasteiger partial charge in [0.2, 0.25) is 5.82 Å². The van der Waals surface area contributed by atoms with Gasteiger partial charge in [0.15, 0.2) is 11.5 Å². The van der Waals surface area contributed by atoms with Gasteiger partial charge in [0.05, 0.1) is 0 Å². The molecule has 156 valence electrons. The molecule has 0 aliphatic heterocycles. The molecule has 1 fully saturated rings. The molecule has 31 heavy (non-hydrogen) atoms. The predicted octanol–water partition coefficient (Wildman–Crippen LogP) is 5.83. The Bertz CT molecular complexity index is 1240. The van der Waals surface area contributed by atoms with Crippen LogP contribution in [0.1, 0.15) is 41.5 Å². The van der Waals surface area contributed by atoms with Gasteiger partial charge >= 0.3 is 6.18 Å². The number of nitrogens with zero attached hydrogens (tertiary/aromatic N) is 4. The zero-order valence-electron chi connectivity index (χ0n) is 16.3. The van der Waals surface area contributed by atoms with Crippen LogP contribution in [0.15, 0.2) is 59.5 Å². The molecule has 0 amide bonds. The fourth-order valence-corrected chi connectivity index (χ4v) is 3.43. The van der Waals surface area contributed by atoms with Crippen molar-refractivity contribution in [2.45, 2.75) is 31.4 Å². The van der Waals surface area contributed by atoms with Gasteiger partial charge in [-0.1, -0.05) is 30.3 Å². The lowest BCUT2D eigenvalue weighted by Crippen LogP contribution is -2.10. The molecule has 5 nitrogen and oxygen atoms in total. The Morgan fingerprint density at radius 2 is 1.61 bits per heavy atom. The van der Waals surface area contributed by atoms with Gasteiger partial charge in [-0.2, -0.15) is 13.2 Å². The van der Waals surface area contributed by atoms with Crippen LogP contribution < -0.4 is 0 Å². The minimum Gasteiger partial charge on any atom is -0.452 e. The molecule has 0 bridgehead atoms. The van der Waals surface area contributed by atoms with Crippen molar-refractivity contribution < 1.29 is 17.6 Å². The zero-order chi connectivity index (χ0) is 21.4. The number of fused-ring (bicyclic) bond motifs is 1. The van der Waals surface area contributed by atoms with Gasteiger partial charge in [-0.05, 0) is 42.4 Å². The fourth-order valence-electron chi connectivity index (χ4n) is 3.43. The van der Waals surface area contributed by atoms with E-state index in [1.165, 1.54) is 30.8 Å². The second-order valence-electron chi connectivity index (χ2n) is 7.46. The highest BCUT2D eigenvalue weighted by Crippen LogP contribution is 2.41. The van der Waals surface area contributed by atoms with Crippen molar-refractivity contribution in [3.8, 4) is 11.3 Å². The third-order valence-electron chi connectivity index (χ3n) is 5.16. The van der Waals surface area contributed by atoms with Gasteiger partial charge in [0.1, 0.15) is 11.0 Å². The Kier molecular flexibility index (Phi) is 4.77. The molecule has 0 saturated heterocycles. The van der Waals surface area contributed by atoms with E-state index in [0.29, 0.717) is 40.5 Å². The Morgan fingerprint density at radius 3 is 2.26 bits per heavy atom. The molecule has 3 aromatic heterocycles. The average Bonchev–Trinajstić information content (AvgIpc) is 3.56. The zero-order valence-corrected chi connectivity index (χ0v) is 16.3. The highest BCUT2D eigenvalue weighted by Gasteiger charge is 2.34. The number of furan rings is 1. The highest BCUT2D eigenvalue weighted by molar-refractivity contribution is 5.93. The first-order valence-electron chi connectivity index (χ1n) is 9.87. The molecule has 0 N–H and O–H groups in total. The maximum Gasteiger partial charge on any atom is 0.451 e. The van der Waals surface area contributed by atoms with Gasteiger partial charge in [-0.3, -0.25) is 0 Å². The van der Waals surface area contributed by atoms with Gasteiger partial charge in [0.25, 0.3) is 0 Å². The Hall–Kier alpha value is -3.55. The highest BCUT2D eigenvalue weighted by atomic mass is 19.4. The van der Waals surface area contributed by atoms with Crippen molar-refractivity contribution in [3.05, 3.63) is 77.8 Å². The van der Waals surface area contributed by atoms with E-state index in [1.807, 2.05) is 12.1 Å². The SMILES string of the molecule is FC(F)(F)c1ncc(C/C=C/c2oc(-c3ccc(C4CC4)cc3)c3nccnc23)cn1. The summed E-state index contributed by atoms with van der Waals surface area (Å²) >= 11 is 0. The van der Waals surface area contributed by atoms with Crippen molar-refractivity contribution in [2.24, 2.45) is 0 Å². The maximum absolute atomic E-state index is 12.6. The van der Waals surface area contributed by atoms with Gasteiger partial charge < -0.3 is 4.42 Å². The van der Waals surface area contributed by atoms with Crippen LogP contribution in [0.25, 0.3) is 28.4 Å². The van der Waals surface area contributed by atoms with E-state index in [9.17, 15) is 13.2 Å². The number of rotatable bonds is 5. The lowest BCUT2D eigenvalue weighted by Gasteiger charge is -2.04. The van der Waals surface area contributed by atoms with Crippen molar-refractivity contribution in [1.29, 1.82) is 0 Å². The minimum atomic E-state index is -4.55. The monoisotopic (exact) mass is 422 g/mol. The summed E-state index contributed by atoms with van der Waals surface area (Å²) in [5.74, 6) is 0.708. The summed E-state index contributed by atoms with van der Waals surface area (Å²) in [6.45, 7) is 0. The van der Waals surface area contributed by atoms with E-state index in [1.54, 1.807) is 24.5 Å². The summed E-state index contributed by atoms with van der Waals surface area (Å²) in [5.41, 5.74) is 4.11. The van der Waals surface area contributed by atoms with Crippen LogP contribution in [0, 0.1) is 0 Å². The van der Waals surface area contributed by atoms with Crippen LogP contribution in [0.5, 0.6) is 0 Å².